The molecule has 3 aromatic rings. The van der Waals surface area contributed by atoms with E-state index in [2.05, 4.69) is 9.97 Å². The van der Waals surface area contributed by atoms with Gasteiger partial charge in [-0.25, -0.2) is 0 Å². The van der Waals surface area contributed by atoms with Crippen molar-refractivity contribution in [2.24, 2.45) is 0 Å². The van der Waals surface area contributed by atoms with Gasteiger partial charge in [-0.1, -0.05) is 11.6 Å². The number of aromatic nitrogens is 3. The van der Waals surface area contributed by atoms with Crippen LogP contribution in [0, 0.1) is 0 Å². The second-order valence-corrected chi connectivity index (χ2v) is 4.63. The van der Waals surface area contributed by atoms with Crippen LogP contribution in [0.15, 0.2) is 40.2 Å². The average Bonchev–Trinajstić information content (AvgIpc) is 2.89. The molecule has 3 rings (SSSR count). The molecule has 20 heavy (non-hydrogen) atoms. The van der Waals surface area contributed by atoms with E-state index in [4.69, 9.17) is 11.6 Å². The van der Waals surface area contributed by atoms with E-state index >= 15 is 0 Å². The fraction of sp³-hybridized carbons (Fsp3) is 0. The Morgan fingerprint density at radius 2 is 1.75 bits per heavy atom. The lowest BCUT2D eigenvalue weighted by Crippen LogP contribution is -2.28. The van der Waals surface area contributed by atoms with Crippen LogP contribution in [0.4, 0.5) is 0 Å². The average molecular weight is 290 g/mol. The minimum absolute atomic E-state index is 0.383. The summed E-state index contributed by atoms with van der Waals surface area (Å²) in [6.07, 6.45) is 4.02. The molecule has 0 saturated carbocycles. The summed E-state index contributed by atoms with van der Waals surface area (Å²) >= 11 is 6.16. The number of H-pyrrole nitrogens is 2. The number of aromatic amines is 2. The molecule has 0 spiro atoms. The fourth-order valence-corrected chi connectivity index (χ4v) is 2.22. The summed E-state index contributed by atoms with van der Waals surface area (Å²) in [5.41, 5.74) is 0.532. The van der Waals surface area contributed by atoms with E-state index in [1.807, 2.05) is 0 Å². The SMILES string of the molecule is O=Cc1ccn(-c2cc3[nH]c(=O)c(=O)[nH]c3cc2Cl)c1. The largest absolute Gasteiger partial charge is 0.322 e. The Bertz CT molecular complexity index is 936. The van der Waals surface area contributed by atoms with Crippen LogP contribution >= 0.6 is 11.6 Å². The number of hydrogen-bond acceptors (Lipinski definition) is 3. The summed E-state index contributed by atoms with van der Waals surface area (Å²) in [6, 6.07) is 4.82. The summed E-state index contributed by atoms with van der Waals surface area (Å²) in [7, 11) is 0. The normalized spacial score (nSPS) is 10.8. The van der Waals surface area contributed by atoms with Crippen molar-refractivity contribution in [3.05, 3.63) is 61.9 Å². The molecular weight excluding hydrogens is 282 g/mol. The molecule has 0 atom stereocenters. The van der Waals surface area contributed by atoms with E-state index in [-0.39, 0.29) is 0 Å². The lowest BCUT2D eigenvalue weighted by atomic mass is 10.2. The number of hydrogen-bond donors (Lipinski definition) is 2. The highest BCUT2D eigenvalue weighted by Gasteiger charge is 2.08. The van der Waals surface area contributed by atoms with Gasteiger partial charge in [-0.2, -0.15) is 0 Å². The van der Waals surface area contributed by atoms with E-state index < -0.39 is 11.1 Å². The van der Waals surface area contributed by atoms with Crippen molar-refractivity contribution in [1.82, 2.24) is 14.5 Å². The Balaban J connectivity index is 2.28. The second-order valence-electron chi connectivity index (χ2n) is 4.23. The number of halogens is 1. The number of aldehydes is 1. The number of carbonyl (C=O) groups excluding carboxylic acids is 1. The van der Waals surface area contributed by atoms with Crippen LogP contribution in [-0.2, 0) is 0 Å². The topological polar surface area (TPSA) is 87.7 Å². The number of carbonyl (C=O) groups is 1. The minimum atomic E-state index is -0.731. The Morgan fingerprint density at radius 1 is 1.10 bits per heavy atom. The molecule has 1 aromatic carbocycles. The zero-order valence-electron chi connectivity index (χ0n) is 10.0. The molecule has 0 saturated heterocycles. The van der Waals surface area contributed by atoms with Crippen LogP contribution in [0.25, 0.3) is 16.7 Å². The molecule has 2 N–H and O–H groups in total. The smallest absolute Gasteiger partial charge is 0.314 e. The zero-order chi connectivity index (χ0) is 14.3. The summed E-state index contributed by atoms with van der Waals surface area (Å²) in [5.74, 6) is 0. The number of fused-ring (bicyclic) bond motifs is 1. The highest BCUT2D eigenvalue weighted by Crippen LogP contribution is 2.24. The molecule has 0 bridgehead atoms. The third-order valence-corrected chi connectivity index (χ3v) is 3.22. The van der Waals surface area contributed by atoms with E-state index in [0.29, 0.717) is 27.3 Å². The van der Waals surface area contributed by atoms with Gasteiger partial charge in [0, 0.05) is 18.0 Å². The summed E-state index contributed by atoms with van der Waals surface area (Å²) < 4.78 is 1.66. The van der Waals surface area contributed by atoms with Gasteiger partial charge in [-0.15, -0.1) is 0 Å². The Hall–Kier alpha value is -2.60. The quantitative estimate of drug-likeness (QED) is 0.553. The molecule has 2 heterocycles. The second kappa shape index (κ2) is 4.50. The van der Waals surface area contributed by atoms with Crippen LogP contribution in [-0.4, -0.2) is 20.8 Å². The molecule has 2 aromatic heterocycles. The van der Waals surface area contributed by atoms with Crippen molar-refractivity contribution in [2.45, 2.75) is 0 Å². The fourth-order valence-electron chi connectivity index (χ4n) is 1.96. The van der Waals surface area contributed by atoms with Crippen molar-refractivity contribution in [2.75, 3.05) is 0 Å². The predicted molar refractivity (Wildman–Crippen MR) is 74.9 cm³/mol. The van der Waals surface area contributed by atoms with Crippen molar-refractivity contribution in [1.29, 1.82) is 0 Å². The predicted octanol–water partition coefficient (Wildman–Crippen LogP) is 1.47. The van der Waals surface area contributed by atoms with Crippen LogP contribution in [0.5, 0.6) is 0 Å². The van der Waals surface area contributed by atoms with Gasteiger partial charge in [-0.05, 0) is 18.2 Å². The molecule has 7 heteroatoms. The highest BCUT2D eigenvalue weighted by molar-refractivity contribution is 6.33. The number of benzene rings is 1. The highest BCUT2D eigenvalue weighted by atomic mass is 35.5. The summed E-state index contributed by atoms with van der Waals surface area (Å²) in [5, 5.41) is 0.383. The zero-order valence-corrected chi connectivity index (χ0v) is 10.8. The van der Waals surface area contributed by atoms with Crippen molar-refractivity contribution < 1.29 is 4.79 Å². The van der Waals surface area contributed by atoms with Gasteiger partial charge in [0.1, 0.15) is 0 Å². The molecule has 0 aliphatic rings. The molecule has 0 aliphatic carbocycles. The van der Waals surface area contributed by atoms with Crippen LogP contribution in [0.3, 0.4) is 0 Å². The minimum Gasteiger partial charge on any atom is -0.322 e. The Morgan fingerprint density at radius 3 is 2.35 bits per heavy atom. The molecule has 0 unspecified atom stereocenters. The van der Waals surface area contributed by atoms with Crippen LogP contribution in [0.2, 0.25) is 5.02 Å². The first-order chi connectivity index (χ1) is 9.58. The molecule has 0 aliphatic heterocycles. The number of rotatable bonds is 2. The maximum absolute atomic E-state index is 11.3. The molecule has 0 fully saturated rings. The molecular formula is C13H8ClN3O3. The maximum Gasteiger partial charge on any atom is 0.314 e. The van der Waals surface area contributed by atoms with E-state index in [1.165, 1.54) is 0 Å². The van der Waals surface area contributed by atoms with Crippen molar-refractivity contribution in [3.8, 4) is 5.69 Å². The van der Waals surface area contributed by atoms with E-state index in [0.717, 1.165) is 6.29 Å². The number of nitrogens with one attached hydrogen (secondary N) is 2. The molecule has 6 nitrogen and oxygen atoms in total. The summed E-state index contributed by atoms with van der Waals surface area (Å²) in [4.78, 5) is 38.2. The van der Waals surface area contributed by atoms with E-state index in [9.17, 15) is 14.4 Å². The standard InChI is InChI=1S/C13H8ClN3O3/c14-8-3-9-10(16-13(20)12(19)15-9)4-11(8)17-2-1-7(5-17)6-18/h1-6H,(H,15,19)(H,16,20). The van der Waals surface area contributed by atoms with Gasteiger partial charge in [0.05, 0.1) is 21.7 Å². The Kier molecular flexibility index (Phi) is 2.80. The van der Waals surface area contributed by atoms with E-state index in [1.54, 1.807) is 35.2 Å². The van der Waals surface area contributed by atoms with Crippen LogP contribution in [0.1, 0.15) is 10.4 Å². The maximum atomic E-state index is 11.3. The van der Waals surface area contributed by atoms with Gasteiger partial charge in [0.15, 0.2) is 6.29 Å². The molecule has 0 radical (unpaired) electrons. The molecule has 100 valence electrons. The first-order valence-electron chi connectivity index (χ1n) is 5.68. The Labute approximate surface area is 116 Å². The van der Waals surface area contributed by atoms with Gasteiger partial charge in [0.25, 0.3) is 0 Å². The molecule has 0 amide bonds. The van der Waals surface area contributed by atoms with Crippen molar-refractivity contribution >= 4 is 28.9 Å². The summed E-state index contributed by atoms with van der Waals surface area (Å²) in [6.45, 7) is 0. The van der Waals surface area contributed by atoms with Crippen molar-refractivity contribution in [3.63, 3.8) is 0 Å². The monoisotopic (exact) mass is 289 g/mol. The number of nitrogens with zero attached hydrogens (tertiary/aromatic N) is 1. The first-order valence-corrected chi connectivity index (χ1v) is 6.05. The first kappa shape index (κ1) is 12.4. The lowest BCUT2D eigenvalue weighted by molar-refractivity contribution is 0.112. The third kappa shape index (κ3) is 1.96. The van der Waals surface area contributed by atoms with Gasteiger partial charge in [-0.3, -0.25) is 14.4 Å². The van der Waals surface area contributed by atoms with Gasteiger partial charge >= 0.3 is 11.1 Å². The third-order valence-electron chi connectivity index (χ3n) is 2.92. The van der Waals surface area contributed by atoms with Gasteiger partial charge in [0.2, 0.25) is 0 Å². The van der Waals surface area contributed by atoms with Gasteiger partial charge < -0.3 is 14.5 Å². The van der Waals surface area contributed by atoms with Crippen LogP contribution < -0.4 is 11.1 Å². The lowest BCUT2D eigenvalue weighted by Gasteiger charge is -2.07.